The number of rotatable bonds is 7. The van der Waals surface area contributed by atoms with E-state index in [2.05, 4.69) is 0 Å². The van der Waals surface area contributed by atoms with Crippen LogP contribution in [0, 0.1) is 23.7 Å². The van der Waals surface area contributed by atoms with Gasteiger partial charge < -0.3 is 24.8 Å². The SMILES string of the molecule is COc1cc(O)c(C2C3=CCC4C(=O)N(c5ccc(C(=O)O)c(O)c5)C(=O)C4C3CC3C(=O)N(c4cccc(Cl)c4)C(=O)C32c2ccccc2)c(OC)c1. The van der Waals surface area contributed by atoms with Crippen LogP contribution in [-0.2, 0) is 24.6 Å². The first-order valence-corrected chi connectivity index (χ1v) is 17.6. The van der Waals surface area contributed by atoms with Crippen LogP contribution in [0.1, 0.15) is 40.2 Å². The second kappa shape index (κ2) is 12.8. The topological polar surface area (TPSA) is 171 Å². The number of amides is 4. The normalized spacial score (nSPS) is 25.9. The van der Waals surface area contributed by atoms with Crippen molar-refractivity contribution < 1.29 is 48.8 Å². The van der Waals surface area contributed by atoms with Gasteiger partial charge in [0.05, 0.1) is 48.8 Å². The summed E-state index contributed by atoms with van der Waals surface area (Å²) in [6.45, 7) is 0. The predicted molar refractivity (Wildman–Crippen MR) is 195 cm³/mol. The van der Waals surface area contributed by atoms with Crippen LogP contribution in [0.2, 0.25) is 5.02 Å². The molecule has 4 aliphatic rings. The van der Waals surface area contributed by atoms with Crippen molar-refractivity contribution in [1.29, 1.82) is 0 Å². The van der Waals surface area contributed by atoms with Gasteiger partial charge in [-0.2, -0.15) is 0 Å². The second-order valence-electron chi connectivity index (χ2n) is 13.9. The summed E-state index contributed by atoms with van der Waals surface area (Å²) < 4.78 is 11.3. The summed E-state index contributed by atoms with van der Waals surface area (Å²) in [5.74, 6) is -8.83. The zero-order valence-electron chi connectivity index (χ0n) is 28.9. The van der Waals surface area contributed by atoms with Crippen molar-refractivity contribution in [2.24, 2.45) is 23.7 Å². The molecular formula is C41H33ClN2O10. The van der Waals surface area contributed by atoms with Crippen LogP contribution in [0.3, 0.4) is 0 Å². The molecule has 6 unspecified atom stereocenters. The molecule has 4 amide bonds. The third-order valence-corrected chi connectivity index (χ3v) is 11.7. The largest absolute Gasteiger partial charge is 0.507 e. The fourth-order valence-electron chi connectivity index (χ4n) is 9.32. The van der Waals surface area contributed by atoms with E-state index >= 15 is 4.79 Å². The molecule has 54 heavy (non-hydrogen) atoms. The maximum atomic E-state index is 15.5. The molecule has 2 aliphatic heterocycles. The van der Waals surface area contributed by atoms with Crippen molar-refractivity contribution in [3.63, 3.8) is 0 Å². The number of methoxy groups -OCH3 is 2. The predicted octanol–water partition coefficient (Wildman–Crippen LogP) is 5.83. The van der Waals surface area contributed by atoms with Crippen molar-refractivity contribution in [2.45, 2.75) is 24.2 Å². The lowest BCUT2D eigenvalue weighted by Crippen LogP contribution is -2.53. The minimum absolute atomic E-state index is 0.00293. The van der Waals surface area contributed by atoms with Crippen molar-refractivity contribution in [2.75, 3.05) is 24.0 Å². The third-order valence-electron chi connectivity index (χ3n) is 11.5. The highest BCUT2D eigenvalue weighted by atomic mass is 35.5. The average molecular weight is 749 g/mol. The summed E-state index contributed by atoms with van der Waals surface area (Å²) in [5.41, 5.74) is -0.513. The van der Waals surface area contributed by atoms with E-state index in [9.17, 15) is 34.5 Å². The Morgan fingerprint density at radius 1 is 0.796 bits per heavy atom. The van der Waals surface area contributed by atoms with Crippen molar-refractivity contribution >= 4 is 52.6 Å². The molecule has 274 valence electrons. The van der Waals surface area contributed by atoms with Crippen LogP contribution in [0.25, 0.3) is 0 Å². The molecular weight excluding hydrogens is 716 g/mol. The van der Waals surface area contributed by atoms with Gasteiger partial charge in [0.25, 0.3) is 0 Å². The molecule has 12 nitrogen and oxygen atoms in total. The molecule has 2 saturated heterocycles. The van der Waals surface area contributed by atoms with Crippen molar-refractivity contribution in [3.8, 4) is 23.0 Å². The summed E-state index contributed by atoms with van der Waals surface area (Å²) >= 11 is 6.39. The minimum atomic E-state index is -1.67. The smallest absolute Gasteiger partial charge is 0.339 e. The maximum Gasteiger partial charge on any atom is 0.339 e. The molecule has 4 aromatic carbocycles. The zero-order chi connectivity index (χ0) is 38.2. The molecule has 3 N–H and O–H groups in total. The quantitative estimate of drug-likeness (QED) is 0.154. The van der Waals surface area contributed by atoms with Gasteiger partial charge in [-0.3, -0.25) is 19.2 Å². The molecule has 0 radical (unpaired) electrons. The number of fused-ring (bicyclic) bond motifs is 4. The van der Waals surface area contributed by atoms with E-state index in [-0.39, 0.29) is 47.0 Å². The molecule has 6 atom stereocenters. The molecule has 2 aliphatic carbocycles. The summed E-state index contributed by atoms with van der Waals surface area (Å²) in [6, 6.07) is 21.7. The number of carboxylic acids is 1. The number of aromatic carboxylic acids is 1. The lowest BCUT2D eigenvalue weighted by atomic mass is 9.49. The third kappa shape index (κ3) is 4.86. The number of carbonyl (C=O) groups excluding carboxylic acids is 4. The van der Waals surface area contributed by atoms with Gasteiger partial charge in [0, 0.05) is 34.7 Å². The molecule has 4 aromatic rings. The van der Waals surface area contributed by atoms with E-state index in [1.807, 2.05) is 6.08 Å². The van der Waals surface area contributed by atoms with E-state index in [0.29, 0.717) is 16.2 Å². The molecule has 3 fully saturated rings. The van der Waals surface area contributed by atoms with Gasteiger partial charge in [-0.05, 0) is 54.7 Å². The number of ether oxygens (including phenoxy) is 2. The van der Waals surface area contributed by atoms with E-state index in [1.54, 1.807) is 54.6 Å². The Kier molecular flexibility index (Phi) is 8.26. The molecule has 0 bridgehead atoms. The summed E-state index contributed by atoms with van der Waals surface area (Å²) in [6.07, 6.45) is 1.91. The van der Waals surface area contributed by atoms with Gasteiger partial charge in [-0.15, -0.1) is 0 Å². The van der Waals surface area contributed by atoms with Crippen molar-refractivity contribution in [3.05, 3.63) is 118 Å². The fraction of sp³-hybridized carbons (Fsp3) is 0.244. The molecule has 0 spiro atoms. The molecule has 13 heteroatoms. The van der Waals surface area contributed by atoms with Crippen LogP contribution in [-0.4, -0.2) is 59.1 Å². The van der Waals surface area contributed by atoms with Gasteiger partial charge in [-0.25, -0.2) is 14.6 Å². The van der Waals surface area contributed by atoms with E-state index in [1.165, 1.54) is 32.4 Å². The number of aromatic hydroxyl groups is 2. The number of hydrogen-bond acceptors (Lipinski definition) is 9. The first-order valence-electron chi connectivity index (χ1n) is 17.2. The Bertz CT molecular complexity index is 2330. The molecule has 0 aromatic heterocycles. The monoisotopic (exact) mass is 748 g/mol. The van der Waals surface area contributed by atoms with Gasteiger partial charge in [-0.1, -0.05) is 59.6 Å². The van der Waals surface area contributed by atoms with Crippen LogP contribution >= 0.6 is 11.6 Å². The number of allylic oxidation sites excluding steroid dienone is 2. The average Bonchev–Trinajstić information content (AvgIpc) is 3.55. The van der Waals surface area contributed by atoms with Gasteiger partial charge >= 0.3 is 5.97 Å². The minimum Gasteiger partial charge on any atom is -0.507 e. The number of hydrogen-bond donors (Lipinski definition) is 3. The van der Waals surface area contributed by atoms with Crippen molar-refractivity contribution in [1.82, 2.24) is 0 Å². The highest BCUT2D eigenvalue weighted by Gasteiger charge is 2.71. The Labute approximate surface area is 313 Å². The highest BCUT2D eigenvalue weighted by Crippen LogP contribution is 2.66. The number of anilines is 2. The number of phenols is 2. The standard InChI is InChI=1S/C41H33ClN2O10/c1-53-24-17-31(46)34(32(18-24)54-2)35-25-13-14-27-33(38(49)43(36(27)47)23-11-12-26(39(50)51)30(45)16-23)28(25)19-29-37(48)44(22-10-6-9-21(42)15-22)40(52)41(29,35)20-7-4-3-5-8-20/h3-13,15-18,27-29,33,35,45-46H,14,19H2,1-2H3,(H,50,51). The maximum absolute atomic E-state index is 15.5. The van der Waals surface area contributed by atoms with Crippen LogP contribution < -0.4 is 19.3 Å². The number of nitrogens with zero attached hydrogens (tertiary/aromatic N) is 2. The summed E-state index contributed by atoms with van der Waals surface area (Å²) in [7, 11) is 2.85. The first kappa shape index (κ1) is 34.9. The molecule has 1 saturated carbocycles. The van der Waals surface area contributed by atoms with E-state index in [4.69, 9.17) is 21.1 Å². The summed E-state index contributed by atoms with van der Waals surface area (Å²) in [5, 5.41) is 32.1. The molecule has 8 rings (SSSR count). The Hall–Kier alpha value is -6.14. The van der Waals surface area contributed by atoms with Gasteiger partial charge in [0.15, 0.2) is 0 Å². The Morgan fingerprint density at radius 3 is 2.20 bits per heavy atom. The molecule has 2 heterocycles. The second-order valence-corrected chi connectivity index (χ2v) is 14.3. The van der Waals surface area contributed by atoms with Crippen LogP contribution in [0.4, 0.5) is 11.4 Å². The zero-order valence-corrected chi connectivity index (χ0v) is 29.7. The van der Waals surface area contributed by atoms with E-state index < -0.39 is 75.9 Å². The fourth-order valence-corrected chi connectivity index (χ4v) is 9.50. The van der Waals surface area contributed by atoms with E-state index in [0.717, 1.165) is 21.9 Å². The lowest BCUT2D eigenvalue weighted by molar-refractivity contribution is -0.127. The number of carboxylic acid groups (broad SMARTS) is 1. The number of phenolic OH excluding ortho intramolecular Hbond substituents is 1. The highest BCUT2D eigenvalue weighted by molar-refractivity contribution is 6.32. The van der Waals surface area contributed by atoms with Gasteiger partial charge in [0.1, 0.15) is 28.6 Å². The number of halogens is 1. The lowest BCUT2D eigenvalue weighted by Gasteiger charge is -2.51. The summed E-state index contributed by atoms with van der Waals surface area (Å²) in [4.78, 5) is 72.8. The number of benzene rings is 4. The Balaban J connectivity index is 1.36. The Morgan fingerprint density at radius 2 is 1.54 bits per heavy atom. The number of carbonyl (C=O) groups is 5. The number of imide groups is 2. The van der Waals surface area contributed by atoms with Gasteiger partial charge in [0.2, 0.25) is 23.6 Å². The van der Waals surface area contributed by atoms with Crippen LogP contribution in [0.5, 0.6) is 23.0 Å². The van der Waals surface area contributed by atoms with Crippen LogP contribution in [0.15, 0.2) is 96.6 Å². The first-order chi connectivity index (χ1) is 25.9.